The number of rotatable bonds is 14. The van der Waals surface area contributed by atoms with Crippen LogP contribution in [0.25, 0.3) is 0 Å². The molecule has 0 spiro atoms. The Labute approximate surface area is 195 Å². The third kappa shape index (κ3) is 9.67. The first-order valence-corrected chi connectivity index (χ1v) is 11.5. The zero-order valence-corrected chi connectivity index (χ0v) is 20.4. The molecule has 2 aromatic carbocycles. The lowest BCUT2D eigenvalue weighted by Gasteiger charge is -2.16. The summed E-state index contributed by atoms with van der Waals surface area (Å²) in [5.74, 6) is 1.15. The topological polar surface area (TPSA) is 30.5 Å². The van der Waals surface area contributed by atoms with Gasteiger partial charge in [-0.05, 0) is 71.2 Å². The highest BCUT2D eigenvalue weighted by Gasteiger charge is 2.13. The molecule has 3 nitrogen and oxygen atoms in total. The zero-order valence-electron chi connectivity index (χ0n) is 18.0. The number of benzene rings is 2. The summed E-state index contributed by atoms with van der Waals surface area (Å²) in [4.78, 5) is 0. The number of hydrogen-bond donors (Lipinski definition) is 1. The fourth-order valence-corrected chi connectivity index (χ4v) is 3.73. The second-order valence-electron chi connectivity index (χ2n) is 7.20. The van der Waals surface area contributed by atoms with E-state index in [0.29, 0.717) is 19.0 Å². The average molecular weight is 503 g/mol. The molecule has 0 bridgehead atoms. The molecule has 30 heavy (non-hydrogen) atoms. The average Bonchev–Trinajstić information content (AvgIpc) is 2.71. The van der Waals surface area contributed by atoms with Crippen molar-refractivity contribution in [2.24, 2.45) is 0 Å². The molecule has 0 fully saturated rings. The van der Waals surface area contributed by atoms with Gasteiger partial charge in [0, 0.05) is 6.54 Å². The molecule has 0 heterocycles. The first kappa shape index (κ1) is 26.7. The van der Waals surface area contributed by atoms with E-state index in [1.807, 2.05) is 13.0 Å². The minimum Gasteiger partial charge on any atom is -0.490 e. The minimum atomic E-state index is -0.247. The lowest BCUT2D eigenvalue weighted by atomic mass is 10.1. The molecule has 0 amide bonds. The maximum Gasteiger partial charge on any atom is 0.175 e. The summed E-state index contributed by atoms with van der Waals surface area (Å²) in [6.07, 6.45) is 7.81. The third-order valence-corrected chi connectivity index (χ3v) is 5.29. The van der Waals surface area contributed by atoms with Crippen molar-refractivity contribution in [2.75, 3.05) is 13.2 Å². The summed E-state index contributed by atoms with van der Waals surface area (Å²) < 4.78 is 25.7. The highest BCUT2D eigenvalue weighted by molar-refractivity contribution is 9.10. The van der Waals surface area contributed by atoms with Gasteiger partial charge in [0.2, 0.25) is 0 Å². The Morgan fingerprint density at radius 3 is 2.30 bits per heavy atom. The van der Waals surface area contributed by atoms with Gasteiger partial charge in [0.05, 0.1) is 11.1 Å². The van der Waals surface area contributed by atoms with Gasteiger partial charge in [0.15, 0.2) is 11.5 Å². The smallest absolute Gasteiger partial charge is 0.175 e. The molecule has 0 aliphatic heterocycles. The van der Waals surface area contributed by atoms with Crippen molar-refractivity contribution in [3.63, 3.8) is 0 Å². The highest BCUT2D eigenvalue weighted by atomic mass is 79.9. The van der Waals surface area contributed by atoms with Gasteiger partial charge in [-0.3, -0.25) is 0 Å². The number of halogens is 3. The molecule has 0 saturated heterocycles. The number of nitrogens with one attached hydrogen (secondary N) is 1. The van der Waals surface area contributed by atoms with Gasteiger partial charge in [0.25, 0.3) is 0 Å². The molecule has 0 aliphatic rings. The number of unbranched alkanes of at least 4 members (excludes halogenated alkanes) is 5. The summed E-state index contributed by atoms with van der Waals surface area (Å²) in [5, 5.41) is 3.52. The quantitative estimate of drug-likeness (QED) is 0.272. The van der Waals surface area contributed by atoms with Crippen molar-refractivity contribution in [2.45, 2.75) is 65.5 Å². The number of ether oxygens (including phenoxy) is 2. The summed E-state index contributed by atoms with van der Waals surface area (Å²) in [6.45, 7) is 6.95. The van der Waals surface area contributed by atoms with Crippen LogP contribution in [0.15, 0.2) is 40.9 Å². The zero-order chi connectivity index (χ0) is 20.9. The molecule has 0 atom stereocenters. The van der Waals surface area contributed by atoms with E-state index in [2.05, 4.69) is 34.2 Å². The summed E-state index contributed by atoms with van der Waals surface area (Å²) >= 11 is 3.62. The first-order valence-electron chi connectivity index (χ1n) is 10.7. The number of hydrogen-bond acceptors (Lipinski definition) is 3. The molecular formula is C24H34BrClFNO2. The van der Waals surface area contributed by atoms with Gasteiger partial charge < -0.3 is 14.8 Å². The molecule has 0 aliphatic carbocycles. The second kappa shape index (κ2) is 15.5. The second-order valence-corrected chi connectivity index (χ2v) is 8.05. The molecule has 0 unspecified atom stereocenters. The van der Waals surface area contributed by atoms with Crippen LogP contribution in [0.4, 0.5) is 4.39 Å². The molecule has 0 aromatic heterocycles. The van der Waals surface area contributed by atoms with E-state index < -0.39 is 0 Å². The SMILES string of the molecule is CCCCCCCCNCc1cc(Br)c(OCc2ccc(F)cc2)c(OCC)c1.Cl. The van der Waals surface area contributed by atoms with Crippen molar-refractivity contribution in [3.8, 4) is 11.5 Å². The van der Waals surface area contributed by atoms with Crippen LogP contribution in [0, 0.1) is 5.82 Å². The normalized spacial score (nSPS) is 10.5. The lowest BCUT2D eigenvalue weighted by molar-refractivity contribution is 0.267. The Morgan fingerprint density at radius 1 is 0.900 bits per heavy atom. The van der Waals surface area contributed by atoms with Gasteiger partial charge in [0.1, 0.15) is 12.4 Å². The fourth-order valence-electron chi connectivity index (χ4n) is 3.13. The van der Waals surface area contributed by atoms with Gasteiger partial charge in [-0.15, -0.1) is 12.4 Å². The summed E-state index contributed by atoms with van der Waals surface area (Å²) in [7, 11) is 0. The standard InChI is InChI=1S/C24H33BrFNO2.ClH/c1-3-5-6-7-8-9-14-27-17-20-15-22(25)24(23(16-20)28-4-2)29-18-19-10-12-21(26)13-11-19;/h10-13,15-16,27H,3-9,14,17-18H2,1-2H3;1H. The molecule has 2 rings (SSSR count). The van der Waals surface area contributed by atoms with Gasteiger partial charge in [-0.25, -0.2) is 4.39 Å². The molecule has 6 heteroatoms. The van der Waals surface area contributed by atoms with E-state index in [-0.39, 0.29) is 18.2 Å². The summed E-state index contributed by atoms with van der Waals surface area (Å²) in [6, 6.07) is 10.4. The van der Waals surface area contributed by atoms with Crippen LogP contribution in [0.1, 0.15) is 63.5 Å². The van der Waals surface area contributed by atoms with E-state index in [9.17, 15) is 4.39 Å². The largest absolute Gasteiger partial charge is 0.490 e. The van der Waals surface area contributed by atoms with Gasteiger partial charge in [-0.1, -0.05) is 51.2 Å². The van der Waals surface area contributed by atoms with Gasteiger partial charge in [-0.2, -0.15) is 0 Å². The Kier molecular flexibility index (Phi) is 13.8. The van der Waals surface area contributed by atoms with Crippen LogP contribution in [-0.2, 0) is 13.2 Å². The first-order chi connectivity index (χ1) is 14.1. The summed E-state index contributed by atoms with van der Waals surface area (Å²) in [5.41, 5.74) is 2.06. The fraction of sp³-hybridized carbons (Fsp3) is 0.500. The molecule has 0 radical (unpaired) electrons. The van der Waals surface area contributed by atoms with Crippen LogP contribution in [-0.4, -0.2) is 13.2 Å². The van der Waals surface area contributed by atoms with E-state index in [0.717, 1.165) is 34.4 Å². The Balaban J connectivity index is 0.00000450. The van der Waals surface area contributed by atoms with Crippen LogP contribution in [0.5, 0.6) is 11.5 Å². The molecule has 1 N–H and O–H groups in total. The predicted molar refractivity (Wildman–Crippen MR) is 128 cm³/mol. The molecule has 168 valence electrons. The monoisotopic (exact) mass is 501 g/mol. The highest BCUT2D eigenvalue weighted by Crippen LogP contribution is 2.37. The van der Waals surface area contributed by atoms with Crippen LogP contribution < -0.4 is 14.8 Å². The maximum absolute atomic E-state index is 13.1. The van der Waals surface area contributed by atoms with E-state index in [1.54, 1.807) is 12.1 Å². The third-order valence-electron chi connectivity index (χ3n) is 4.70. The van der Waals surface area contributed by atoms with Crippen molar-refractivity contribution >= 4 is 28.3 Å². The molecule has 2 aromatic rings. The molecular weight excluding hydrogens is 469 g/mol. The van der Waals surface area contributed by atoms with Crippen molar-refractivity contribution < 1.29 is 13.9 Å². The lowest BCUT2D eigenvalue weighted by Crippen LogP contribution is -2.15. The van der Waals surface area contributed by atoms with Crippen LogP contribution in [0.2, 0.25) is 0 Å². The maximum atomic E-state index is 13.1. The van der Waals surface area contributed by atoms with Crippen molar-refractivity contribution in [1.29, 1.82) is 0 Å². The van der Waals surface area contributed by atoms with Crippen LogP contribution >= 0.6 is 28.3 Å². The predicted octanol–water partition coefficient (Wildman–Crippen LogP) is 7.44. The van der Waals surface area contributed by atoms with Crippen molar-refractivity contribution in [1.82, 2.24) is 5.32 Å². The Morgan fingerprint density at radius 2 is 1.60 bits per heavy atom. The van der Waals surface area contributed by atoms with E-state index >= 15 is 0 Å². The Hall–Kier alpha value is -1.30. The van der Waals surface area contributed by atoms with Gasteiger partial charge >= 0.3 is 0 Å². The Bertz CT molecular complexity index is 728. The molecule has 0 saturated carbocycles. The van der Waals surface area contributed by atoms with E-state index in [4.69, 9.17) is 9.47 Å². The van der Waals surface area contributed by atoms with Crippen molar-refractivity contribution in [3.05, 3.63) is 57.8 Å². The van der Waals surface area contributed by atoms with E-state index in [1.165, 1.54) is 50.7 Å². The van der Waals surface area contributed by atoms with Crippen LogP contribution in [0.3, 0.4) is 0 Å². The minimum absolute atomic E-state index is 0.